The quantitative estimate of drug-likeness (QED) is 0.905. The maximum absolute atomic E-state index is 6.00. The summed E-state index contributed by atoms with van der Waals surface area (Å²) in [7, 11) is 1.88. The molecule has 17 heavy (non-hydrogen) atoms. The molecule has 0 spiro atoms. The van der Waals surface area contributed by atoms with Gasteiger partial charge < -0.3 is 5.32 Å². The van der Waals surface area contributed by atoms with Crippen molar-refractivity contribution >= 4 is 39.7 Å². The number of aryl methyl sites for hydroxylation is 1. The molecule has 0 unspecified atom stereocenters. The van der Waals surface area contributed by atoms with Gasteiger partial charge in [-0.15, -0.1) is 11.3 Å². The maximum Gasteiger partial charge on any atom is 0.182 e. The van der Waals surface area contributed by atoms with Gasteiger partial charge in [0.05, 0.1) is 15.7 Å². The lowest BCUT2D eigenvalue weighted by Gasteiger charge is -2.02. The topological polar surface area (TPSA) is 24.9 Å². The Hall–Kier alpha value is -0.770. The van der Waals surface area contributed by atoms with Crippen molar-refractivity contribution in [3.8, 4) is 0 Å². The highest BCUT2D eigenvalue weighted by Gasteiger charge is 2.08. The zero-order valence-electron chi connectivity index (χ0n) is 9.55. The van der Waals surface area contributed by atoms with Gasteiger partial charge in [-0.25, -0.2) is 4.98 Å². The van der Waals surface area contributed by atoms with E-state index in [0.717, 1.165) is 22.8 Å². The van der Waals surface area contributed by atoms with Crippen molar-refractivity contribution in [1.82, 2.24) is 4.98 Å². The maximum atomic E-state index is 6.00. The second kappa shape index (κ2) is 5.25. The molecule has 0 aliphatic rings. The molecule has 0 fully saturated rings. The Balaban J connectivity index is 2.24. The van der Waals surface area contributed by atoms with Crippen LogP contribution in [-0.2, 0) is 6.42 Å². The summed E-state index contributed by atoms with van der Waals surface area (Å²) in [4.78, 5) is 5.66. The smallest absolute Gasteiger partial charge is 0.182 e. The Morgan fingerprint density at radius 2 is 2.06 bits per heavy atom. The van der Waals surface area contributed by atoms with Crippen molar-refractivity contribution in [2.45, 2.75) is 13.3 Å². The minimum absolute atomic E-state index is 0.590. The van der Waals surface area contributed by atoms with Crippen LogP contribution in [0.3, 0.4) is 0 Å². The molecule has 2 nitrogen and oxygen atoms in total. The van der Waals surface area contributed by atoms with Gasteiger partial charge in [0.15, 0.2) is 5.13 Å². The largest absolute Gasteiger partial charge is 0.365 e. The number of halogens is 2. The summed E-state index contributed by atoms with van der Waals surface area (Å²) in [5.74, 6) is 0. The van der Waals surface area contributed by atoms with E-state index in [1.165, 1.54) is 4.88 Å². The first-order chi connectivity index (χ1) is 8.10. The second-order valence-electron chi connectivity index (χ2n) is 3.70. The molecule has 0 saturated carbocycles. The average Bonchev–Trinajstić information content (AvgIpc) is 2.65. The molecule has 0 radical (unpaired) electrons. The highest BCUT2D eigenvalue weighted by Crippen LogP contribution is 2.28. The number of hydrogen-bond donors (Lipinski definition) is 1. The van der Waals surface area contributed by atoms with E-state index in [-0.39, 0.29) is 0 Å². The molecule has 1 N–H and O–H groups in total. The molecule has 2 rings (SSSR count). The normalized spacial score (nSPS) is 10.6. The van der Waals surface area contributed by atoms with Crippen molar-refractivity contribution in [2.24, 2.45) is 0 Å². The van der Waals surface area contributed by atoms with E-state index in [4.69, 9.17) is 23.2 Å². The zero-order chi connectivity index (χ0) is 12.4. The molecule has 0 amide bonds. The van der Waals surface area contributed by atoms with Crippen molar-refractivity contribution in [2.75, 3.05) is 12.4 Å². The summed E-state index contributed by atoms with van der Waals surface area (Å²) in [6.45, 7) is 2.02. The van der Waals surface area contributed by atoms with Crippen molar-refractivity contribution in [1.29, 1.82) is 0 Å². The molecule has 0 aliphatic heterocycles. The predicted molar refractivity (Wildman–Crippen MR) is 75.7 cm³/mol. The summed E-state index contributed by atoms with van der Waals surface area (Å²) in [6.07, 6.45) is 0.835. The minimum atomic E-state index is 0.590. The fourth-order valence-corrected chi connectivity index (χ4v) is 2.80. The monoisotopic (exact) mass is 286 g/mol. The summed E-state index contributed by atoms with van der Waals surface area (Å²) in [5, 5.41) is 5.18. The third kappa shape index (κ3) is 2.92. The van der Waals surface area contributed by atoms with Gasteiger partial charge in [0.25, 0.3) is 0 Å². The van der Waals surface area contributed by atoms with Crippen LogP contribution in [0.4, 0.5) is 5.13 Å². The van der Waals surface area contributed by atoms with Crippen molar-refractivity contribution < 1.29 is 0 Å². The highest BCUT2D eigenvalue weighted by molar-refractivity contribution is 7.15. The second-order valence-corrected chi connectivity index (χ2v) is 5.60. The van der Waals surface area contributed by atoms with Crippen LogP contribution in [0, 0.1) is 6.92 Å². The molecular formula is C12H12Cl2N2S. The van der Waals surface area contributed by atoms with Gasteiger partial charge in [-0.05, 0) is 24.6 Å². The minimum Gasteiger partial charge on any atom is -0.365 e. The Kier molecular flexibility index (Phi) is 3.92. The van der Waals surface area contributed by atoms with Crippen LogP contribution in [0.25, 0.3) is 0 Å². The summed E-state index contributed by atoms with van der Waals surface area (Å²) in [6, 6.07) is 5.73. The Bertz CT molecular complexity index is 537. The number of thiazole rings is 1. The molecule has 1 aromatic heterocycles. The number of rotatable bonds is 3. The van der Waals surface area contributed by atoms with E-state index in [2.05, 4.69) is 10.3 Å². The van der Waals surface area contributed by atoms with Crippen LogP contribution in [-0.4, -0.2) is 12.0 Å². The van der Waals surface area contributed by atoms with Gasteiger partial charge in [0, 0.05) is 18.3 Å². The van der Waals surface area contributed by atoms with Crippen LogP contribution in [0.1, 0.15) is 16.1 Å². The number of nitrogens with one attached hydrogen (secondary N) is 1. The first-order valence-electron chi connectivity index (χ1n) is 5.18. The molecule has 0 saturated heterocycles. The average molecular weight is 287 g/mol. The van der Waals surface area contributed by atoms with E-state index < -0.39 is 0 Å². The molecule has 0 bridgehead atoms. The van der Waals surface area contributed by atoms with Crippen molar-refractivity contribution in [3.05, 3.63) is 44.4 Å². The van der Waals surface area contributed by atoms with Gasteiger partial charge in [-0.3, -0.25) is 0 Å². The SMILES string of the molecule is CNc1nc(C)c(Cc2ccc(Cl)c(Cl)c2)s1. The number of anilines is 1. The first kappa shape index (κ1) is 12.7. The molecule has 90 valence electrons. The molecular weight excluding hydrogens is 275 g/mol. The highest BCUT2D eigenvalue weighted by atomic mass is 35.5. The number of hydrogen-bond acceptors (Lipinski definition) is 3. The van der Waals surface area contributed by atoms with Crippen LogP contribution in [0.5, 0.6) is 0 Å². The van der Waals surface area contributed by atoms with Gasteiger partial charge in [-0.1, -0.05) is 29.3 Å². The number of benzene rings is 1. The fraction of sp³-hybridized carbons (Fsp3) is 0.250. The summed E-state index contributed by atoms with van der Waals surface area (Å²) >= 11 is 13.6. The van der Waals surface area contributed by atoms with Crippen LogP contribution in [0.15, 0.2) is 18.2 Å². The first-order valence-corrected chi connectivity index (χ1v) is 6.75. The summed E-state index contributed by atoms with van der Waals surface area (Å²) in [5.41, 5.74) is 2.21. The Labute approximate surface area is 115 Å². The number of nitrogens with zero attached hydrogens (tertiary/aromatic N) is 1. The van der Waals surface area contributed by atoms with Crippen molar-refractivity contribution in [3.63, 3.8) is 0 Å². The third-order valence-electron chi connectivity index (χ3n) is 2.46. The summed E-state index contributed by atoms with van der Waals surface area (Å²) < 4.78 is 0. The lowest BCUT2D eigenvalue weighted by molar-refractivity contribution is 1.15. The lowest BCUT2D eigenvalue weighted by atomic mass is 10.1. The van der Waals surface area contributed by atoms with E-state index in [1.54, 1.807) is 11.3 Å². The lowest BCUT2D eigenvalue weighted by Crippen LogP contribution is -1.88. The van der Waals surface area contributed by atoms with Gasteiger partial charge in [0.2, 0.25) is 0 Å². The molecule has 0 atom stereocenters. The van der Waals surface area contributed by atoms with Crippen LogP contribution >= 0.6 is 34.5 Å². The fourth-order valence-electron chi connectivity index (χ4n) is 1.53. The van der Waals surface area contributed by atoms with E-state index in [9.17, 15) is 0 Å². The molecule has 1 aromatic carbocycles. The van der Waals surface area contributed by atoms with Crippen LogP contribution < -0.4 is 5.32 Å². The van der Waals surface area contributed by atoms with Gasteiger partial charge in [-0.2, -0.15) is 0 Å². The van der Waals surface area contributed by atoms with Gasteiger partial charge in [0.1, 0.15) is 0 Å². The third-order valence-corrected chi connectivity index (χ3v) is 4.37. The van der Waals surface area contributed by atoms with E-state index >= 15 is 0 Å². The number of aromatic nitrogens is 1. The Morgan fingerprint density at radius 3 is 2.65 bits per heavy atom. The molecule has 2 aromatic rings. The van der Waals surface area contributed by atoms with E-state index in [1.807, 2.05) is 32.2 Å². The van der Waals surface area contributed by atoms with Crippen LogP contribution in [0.2, 0.25) is 10.0 Å². The Morgan fingerprint density at radius 1 is 1.29 bits per heavy atom. The van der Waals surface area contributed by atoms with E-state index in [0.29, 0.717) is 10.0 Å². The molecule has 0 aliphatic carbocycles. The predicted octanol–water partition coefficient (Wildman–Crippen LogP) is 4.39. The molecule has 5 heteroatoms. The zero-order valence-corrected chi connectivity index (χ0v) is 11.9. The van der Waals surface area contributed by atoms with Gasteiger partial charge >= 0.3 is 0 Å². The standard InChI is InChI=1S/C12H12Cl2N2S/c1-7-11(17-12(15-2)16-7)6-8-3-4-9(13)10(14)5-8/h3-5H,6H2,1-2H3,(H,15,16). The molecule has 1 heterocycles.